The van der Waals surface area contributed by atoms with Gasteiger partial charge in [-0.1, -0.05) is 135 Å². The van der Waals surface area contributed by atoms with Gasteiger partial charge in [0.1, 0.15) is 5.75 Å². The number of aryl methyl sites for hydroxylation is 2. The van der Waals surface area contributed by atoms with Crippen molar-refractivity contribution in [3.8, 4) is 5.75 Å². The van der Waals surface area contributed by atoms with Crippen LogP contribution in [0.5, 0.6) is 5.75 Å². The molecule has 33 heavy (non-hydrogen) atoms. The van der Waals surface area contributed by atoms with Crippen molar-refractivity contribution in [1.29, 1.82) is 0 Å². The molecule has 0 aliphatic heterocycles. The van der Waals surface area contributed by atoms with Gasteiger partial charge in [0, 0.05) is 0 Å². The minimum Gasteiger partial charge on any atom is -0.493 e. The van der Waals surface area contributed by atoms with Crippen LogP contribution in [0.15, 0.2) is 18.2 Å². The Labute approximate surface area is 207 Å². The summed E-state index contributed by atoms with van der Waals surface area (Å²) in [4.78, 5) is 0. The number of rotatable bonds is 19. The van der Waals surface area contributed by atoms with E-state index in [0.29, 0.717) is 0 Å². The van der Waals surface area contributed by atoms with Crippen molar-refractivity contribution in [3.63, 3.8) is 0 Å². The summed E-state index contributed by atoms with van der Waals surface area (Å²) in [6, 6.07) is 6.92. The minimum atomic E-state index is 0.869. The smallest absolute Gasteiger partial charge is 0.122 e. The fourth-order valence-electron chi connectivity index (χ4n) is 5.66. The molecule has 1 aliphatic rings. The Kier molecular flexibility index (Phi) is 15.7. The first-order valence-corrected chi connectivity index (χ1v) is 14.9. The molecule has 1 saturated carbocycles. The Hall–Kier alpha value is -0.980. The molecule has 1 aromatic rings. The first-order chi connectivity index (χ1) is 16.2. The van der Waals surface area contributed by atoms with Crippen LogP contribution in [0.1, 0.15) is 147 Å². The highest BCUT2D eigenvalue weighted by Gasteiger charge is 2.20. The fourth-order valence-corrected chi connectivity index (χ4v) is 5.66. The minimum absolute atomic E-state index is 0.869. The quantitative estimate of drug-likeness (QED) is 0.188. The molecule has 1 nitrogen and oxygen atoms in total. The fraction of sp³-hybridized carbons (Fsp3) is 0.812. The Balaban J connectivity index is 1.54. The van der Waals surface area contributed by atoms with Crippen LogP contribution in [0.2, 0.25) is 0 Å². The summed E-state index contributed by atoms with van der Waals surface area (Å²) in [5.41, 5.74) is 2.82. The second-order valence-corrected chi connectivity index (χ2v) is 11.1. The van der Waals surface area contributed by atoms with Crippen LogP contribution in [-0.2, 0) is 6.42 Å². The average molecular weight is 457 g/mol. The van der Waals surface area contributed by atoms with Gasteiger partial charge < -0.3 is 4.74 Å². The maximum absolute atomic E-state index is 6.07. The van der Waals surface area contributed by atoms with Crippen molar-refractivity contribution in [3.05, 3.63) is 29.3 Å². The third kappa shape index (κ3) is 12.9. The molecular weight excluding hydrogens is 400 g/mol. The number of hydrogen-bond acceptors (Lipinski definition) is 1. The number of hydrogen-bond donors (Lipinski definition) is 0. The highest BCUT2D eigenvalue weighted by atomic mass is 16.5. The van der Waals surface area contributed by atoms with Crippen LogP contribution in [0, 0.1) is 18.8 Å². The Bertz CT molecular complexity index is 584. The van der Waals surface area contributed by atoms with Crippen molar-refractivity contribution in [1.82, 2.24) is 0 Å². The molecule has 0 aromatic heterocycles. The maximum Gasteiger partial charge on any atom is 0.122 e. The van der Waals surface area contributed by atoms with Crippen LogP contribution in [0.4, 0.5) is 0 Å². The lowest BCUT2D eigenvalue weighted by Crippen LogP contribution is -2.15. The first kappa shape index (κ1) is 28.3. The van der Waals surface area contributed by atoms with Gasteiger partial charge in [-0.25, -0.2) is 0 Å². The molecule has 2 rings (SSSR count). The molecule has 0 spiro atoms. The van der Waals surface area contributed by atoms with Crippen molar-refractivity contribution < 1.29 is 4.74 Å². The van der Waals surface area contributed by atoms with E-state index in [1.165, 1.54) is 140 Å². The second kappa shape index (κ2) is 18.4. The summed E-state index contributed by atoms with van der Waals surface area (Å²) < 4.78 is 6.07. The van der Waals surface area contributed by atoms with E-state index in [4.69, 9.17) is 4.74 Å². The van der Waals surface area contributed by atoms with Crippen molar-refractivity contribution in [2.24, 2.45) is 11.8 Å². The molecule has 1 aliphatic carbocycles. The van der Waals surface area contributed by atoms with Gasteiger partial charge in [0.05, 0.1) is 6.61 Å². The van der Waals surface area contributed by atoms with Gasteiger partial charge in [-0.2, -0.15) is 0 Å². The lowest BCUT2D eigenvalue weighted by molar-refractivity contribution is 0.248. The molecule has 0 amide bonds. The van der Waals surface area contributed by atoms with E-state index in [-0.39, 0.29) is 0 Å². The summed E-state index contributed by atoms with van der Waals surface area (Å²) in [6.45, 7) is 7.67. The predicted octanol–water partition coefficient (Wildman–Crippen LogP) is 10.6. The highest BCUT2D eigenvalue weighted by Crippen LogP contribution is 2.34. The average Bonchev–Trinajstić information content (AvgIpc) is 2.83. The van der Waals surface area contributed by atoms with Gasteiger partial charge in [-0.3, -0.25) is 0 Å². The molecule has 0 atom stereocenters. The third-order valence-electron chi connectivity index (χ3n) is 8.02. The van der Waals surface area contributed by atoms with E-state index in [0.717, 1.165) is 24.2 Å². The van der Waals surface area contributed by atoms with Gasteiger partial charge in [0.15, 0.2) is 0 Å². The highest BCUT2D eigenvalue weighted by molar-refractivity contribution is 5.36. The Morgan fingerprint density at radius 3 is 1.82 bits per heavy atom. The monoisotopic (exact) mass is 456 g/mol. The molecular formula is C32H56O. The zero-order valence-electron chi connectivity index (χ0n) is 22.6. The zero-order chi connectivity index (χ0) is 23.6. The van der Waals surface area contributed by atoms with E-state index in [1.807, 2.05) is 0 Å². The summed E-state index contributed by atoms with van der Waals surface area (Å²) in [7, 11) is 0. The van der Waals surface area contributed by atoms with Gasteiger partial charge in [-0.05, 0) is 55.2 Å². The largest absolute Gasteiger partial charge is 0.493 e. The summed E-state index contributed by atoms with van der Waals surface area (Å²) in [6.07, 6.45) is 28.1. The molecule has 1 aromatic carbocycles. The van der Waals surface area contributed by atoms with E-state index >= 15 is 0 Å². The number of unbranched alkanes of at least 4 members (excludes halogenated alkanes) is 11. The van der Waals surface area contributed by atoms with Crippen molar-refractivity contribution in [2.45, 2.75) is 149 Å². The predicted molar refractivity (Wildman–Crippen MR) is 146 cm³/mol. The molecule has 0 bridgehead atoms. The van der Waals surface area contributed by atoms with Gasteiger partial charge in [-0.15, -0.1) is 0 Å². The van der Waals surface area contributed by atoms with Crippen LogP contribution < -0.4 is 4.74 Å². The number of ether oxygens (including phenoxy) is 1. The lowest BCUT2D eigenvalue weighted by Gasteiger charge is -2.28. The molecule has 1 heteroatoms. The van der Waals surface area contributed by atoms with E-state index in [2.05, 4.69) is 39.0 Å². The Morgan fingerprint density at radius 1 is 0.667 bits per heavy atom. The maximum atomic E-state index is 6.07. The molecule has 0 unspecified atom stereocenters. The molecule has 1 fully saturated rings. The zero-order valence-corrected chi connectivity index (χ0v) is 22.6. The Morgan fingerprint density at radius 2 is 1.21 bits per heavy atom. The molecule has 0 radical (unpaired) electrons. The SMILES string of the molecule is CCCCCCCCC[C@H]1CC[C@H](CCc2ccc(OCCCCCCCC)c(C)c2)CC1. The van der Waals surface area contributed by atoms with Gasteiger partial charge in [0.2, 0.25) is 0 Å². The van der Waals surface area contributed by atoms with Gasteiger partial charge >= 0.3 is 0 Å². The normalized spacial score (nSPS) is 18.5. The summed E-state index contributed by atoms with van der Waals surface area (Å²) in [5, 5.41) is 0. The van der Waals surface area contributed by atoms with Crippen molar-refractivity contribution in [2.75, 3.05) is 6.61 Å². The van der Waals surface area contributed by atoms with Crippen LogP contribution in [0.25, 0.3) is 0 Å². The van der Waals surface area contributed by atoms with E-state index in [9.17, 15) is 0 Å². The van der Waals surface area contributed by atoms with Crippen LogP contribution in [0.3, 0.4) is 0 Å². The third-order valence-corrected chi connectivity index (χ3v) is 8.02. The van der Waals surface area contributed by atoms with Crippen LogP contribution in [-0.4, -0.2) is 6.61 Å². The molecule has 0 N–H and O–H groups in total. The molecule has 0 heterocycles. The molecule has 0 saturated heterocycles. The first-order valence-electron chi connectivity index (χ1n) is 14.9. The van der Waals surface area contributed by atoms with Crippen molar-refractivity contribution >= 4 is 0 Å². The number of benzene rings is 1. The lowest BCUT2D eigenvalue weighted by atomic mass is 9.77. The second-order valence-electron chi connectivity index (χ2n) is 11.1. The summed E-state index contributed by atoms with van der Waals surface area (Å²) in [5.74, 6) is 3.08. The van der Waals surface area contributed by atoms with Crippen LogP contribution >= 0.6 is 0 Å². The van der Waals surface area contributed by atoms with E-state index in [1.54, 1.807) is 0 Å². The topological polar surface area (TPSA) is 9.23 Å². The van der Waals surface area contributed by atoms with Gasteiger partial charge in [0.25, 0.3) is 0 Å². The molecule has 190 valence electrons. The van der Waals surface area contributed by atoms with E-state index < -0.39 is 0 Å². The summed E-state index contributed by atoms with van der Waals surface area (Å²) >= 11 is 0. The standard InChI is InChI=1S/C32H56O/c1-4-6-8-10-12-13-15-17-29-18-20-30(21-19-29)22-23-31-24-25-32(28(3)27-31)33-26-16-14-11-9-7-5-2/h24-25,27,29-30H,4-23,26H2,1-3H3/t29-,30-.